The topological polar surface area (TPSA) is 75.7 Å². The van der Waals surface area contributed by atoms with Gasteiger partial charge >= 0.3 is 0 Å². The van der Waals surface area contributed by atoms with E-state index in [0.717, 1.165) is 0 Å². The Kier molecular flexibility index (Phi) is 4.20. The molecule has 2 aliphatic heterocycles. The summed E-state index contributed by atoms with van der Waals surface area (Å²) in [5.41, 5.74) is 0. The molecule has 0 unspecified atom stereocenters. The molecular formula is C15H20N2O4S. The van der Waals surface area contributed by atoms with Crippen molar-refractivity contribution in [1.82, 2.24) is 9.62 Å². The van der Waals surface area contributed by atoms with Crippen molar-refractivity contribution in [2.45, 2.75) is 29.9 Å². The van der Waals surface area contributed by atoms with Gasteiger partial charge in [0.05, 0.1) is 23.0 Å². The lowest BCUT2D eigenvalue weighted by molar-refractivity contribution is -0.127. The van der Waals surface area contributed by atoms with E-state index in [9.17, 15) is 13.2 Å². The van der Waals surface area contributed by atoms with Gasteiger partial charge in [-0.2, -0.15) is 4.31 Å². The van der Waals surface area contributed by atoms with Crippen LogP contribution in [0.1, 0.15) is 12.8 Å². The van der Waals surface area contributed by atoms with E-state index in [-0.39, 0.29) is 35.4 Å². The van der Waals surface area contributed by atoms with Crippen molar-refractivity contribution in [2.24, 2.45) is 5.92 Å². The average Bonchev–Trinajstić information content (AvgIpc) is 3.02. The summed E-state index contributed by atoms with van der Waals surface area (Å²) in [4.78, 5) is 12.2. The molecule has 1 aromatic rings. The Labute approximate surface area is 130 Å². The molecule has 6 nitrogen and oxygen atoms in total. The van der Waals surface area contributed by atoms with Crippen LogP contribution in [0.25, 0.3) is 0 Å². The summed E-state index contributed by atoms with van der Waals surface area (Å²) < 4.78 is 33.0. The number of amides is 1. The first-order chi connectivity index (χ1) is 10.5. The molecule has 22 heavy (non-hydrogen) atoms. The zero-order valence-electron chi connectivity index (χ0n) is 12.4. The molecule has 7 heteroatoms. The van der Waals surface area contributed by atoms with Gasteiger partial charge in [-0.1, -0.05) is 18.2 Å². The summed E-state index contributed by atoms with van der Waals surface area (Å²) in [6, 6.07) is 8.19. The highest BCUT2D eigenvalue weighted by Gasteiger charge is 2.47. The third-order valence-electron chi connectivity index (χ3n) is 4.43. The third-order valence-corrected chi connectivity index (χ3v) is 6.33. The van der Waals surface area contributed by atoms with Gasteiger partial charge in [0.15, 0.2) is 0 Å². The molecule has 0 aromatic heterocycles. The first kappa shape index (κ1) is 15.5. The molecule has 2 saturated heterocycles. The monoisotopic (exact) mass is 324 g/mol. The Morgan fingerprint density at radius 3 is 2.73 bits per heavy atom. The fourth-order valence-corrected chi connectivity index (χ4v) is 5.04. The highest BCUT2D eigenvalue weighted by molar-refractivity contribution is 7.89. The van der Waals surface area contributed by atoms with Crippen LogP contribution in [0, 0.1) is 5.92 Å². The van der Waals surface area contributed by atoms with Crippen molar-refractivity contribution >= 4 is 15.9 Å². The van der Waals surface area contributed by atoms with Gasteiger partial charge in [0.2, 0.25) is 15.9 Å². The number of nitrogens with one attached hydrogen (secondary N) is 1. The third kappa shape index (κ3) is 2.64. The number of hydrogen-bond acceptors (Lipinski definition) is 4. The van der Waals surface area contributed by atoms with Crippen molar-refractivity contribution in [3.63, 3.8) is 0 Å². The van der Waals surface area contributed by atoms with Gasteiger partial charge in [0.1, 0.15) is 0 Å². The van der Waals surface area contributed by atoms with Gasteiger partial charge < -0.3 is 10.1 Å². The minimum absolute atomic E-state index is 0.137. The molecule has 3 rings (SSSR count). The van der Waals surface area contributed by atoms with Gasteiger partial charge in [-0.05, 0) is 25.0 Å². The minimum Gasteiger partial charge on any atom is -0.376 e. The molecule has 1 aromatic carbocycles. The quantitative estimate of drug-likeness (QED) is 0.883. The number of carbonyl (C=O) groups is 1. The molecule has 2 aliphatic rings. The zero-order chi connectivity index (χ0) is 15.7. The van der Waals surface area contributed by atoms with E-state index in [1.165, 1.54) is 4.31 Å². The maximum atomic E-state index is 12.9. The van der Waals surface area contributed by atoms with Crippen LogP contribution in [-0.4, -0.2) is 51.0 Å². The van der Waals surface area contributed by atoms with Crippen molar-refractivity contribution in [1.29, 1.82) is 0 Å². The second-order valence-corrected chi connectivity index (χ2v) is 7.59. The molecule has 0 saturated carbocycles. The molecule has 0 spiro atoms. The summed E-state index contributed by atoms with van der Waals surface area (Å²) in [5, 5.41) is 2.61. The van der Waals surface area contributed by atoms with Gasteiger partial charge in [-0.3, -0.25) is 4.79 Å². The standard InChI is InChI=1S/C15H20N2O4S/c1-16-15(18)11-9-14-13(7-8-21-14)17(10-11)22(19,20)12-5-3-2-4-6-12/h2-6,11,13-14H,7-10H2,1H3,(H,16,18)/t11-,13+,14+/m1/s1. The molecule has 2 heterocycles. The highest BCUT2D eigenvalue weighted by Crippen LogP contribution is 2.35. The van der Waals surface area contributed by atoms with Crippen LogP contribution >= 0.6 is 0 Å². The van der Waals surface area contributed by atoms with E-state index < -0.39 is 10.0 Å². The summed E-state index contributed by atoms with van der Waals surface area (Å²) >= 11 is 0. The number of piperidine rings is 1. The van der Waals surface area contributed by atoms with Gasteiger partial charge in [0.25, 0.3) is 0 Å². The van der Waals surface area contributed by atoms with Crippen molar-refractivity contribution < 1.29 is 17.9 Å². The number of carbonyl (C=O) groups excluding carboxylic acids is 1. The number of nitrogens with zero attached hydrogens (tertiary/aromatic N) is 1. The molecule has 0 bridgehead atoms. The Morgan fingerprint density at radius 1 is 1.32 bits per heavy atom. The van der Waals surface area contributed by atoms with Crippen molar-refractivity contribution in [3.8, 4) is 0 Å². The lowest BCUT2D eigenvalue weighted by atomic mass is 9.91. The van der Waals surface area contributed by atoms with E-state index >= 15 is 0 Å². The van der Waals surface area contributed by atoms with Crippen LogP contribution in [0.3, 0.4) is 0 Å². The van der Waals surface area contributed by atoms with E-state index in [1.807, 2.05) is 0 Å². The minimum atomic E-state index is -3.62. The largest absolute Gasteiger partial charge is 0.376 e. The number of sulfonamides is 1. The van der Waals surface area contributed by atoms with E-state index in [4.69, 9.17) is 4.74 Å². The first-order valence-electron chi connectivity index (χ1n) is 7.44. The first-order valence-corrected chi connectivity index (χ1v) is 8.88. The van der Waals surface area contributed by atoms with Crippen molar-refractivity contribution in [2.75, 3.05) is 20.2 Å². The summed E-state index contributed by atoms with van der Waals surface area (Å²) in [6.07, 6.45) is 1.05. The van der Waals surface area contributed by atoms with Gasteiger partial charge in [-0.15, -0.1) is 0 Å². The van der Waals surface area contributed by atoms with Crippen LogP contribution < -0.4 is 5.32 Å². The maximum absolute atomic E-state index is 12.9. The number of ether oxygens (including phenoxy) is 1. The molecule has 120 valence electrons. The van der Waals surface area contributed by atoms with Crippen LogP contribution in [0.4, 0.5) is 0 Å². The second-order valence-electron chi connectivity index (χ2n) is 5.70. The number of fused-ring (bicyclic) bond motifs is 1. The van der Waals surface area contributed by atoms with Gasteiger partial charge in [-0.25, -0.2) is 8.42 Å². The number of benzene rings is 1. The second kappa shape index (κ2) is 5.98. The van der Waals surface area contributed by atoms with Crippen LogP contribution in [0.2, 0.25) is 0 Å². The smallest absolute Gasteiger partial charge is 0.243 e. The summed E-state index contributed by atoms with van der Waals surface area (Å²) in [7, 11) is -2.05. The molecule has 0 radical (unpaired) electrons. The molecule has 1 N–H and O–H groups in total. The molecule has 1 amide bonds. The van der Waals surface area contributed by atoms with Crippen LogP contribution in [0.5, 0.6) is 0 Å². The molecule has 3 atom stereocenters. The van der Waals surface area contributed by atoms with Crippen LogP contribution in [0.15, 0.2) is 35.2 Å². The van der Waals surface area contributed by atoms with E-state index in [0.29, 0.717) is 19.4 Å². The molecule has 0 aliphatic carbocycles. The Morgan fingerprint density at radius 2 is 2.05 bits per heavy atom. The molecule has 2 fully saturated rings. The normalized spacial score (nSPS) is 29.0. The van der Waals surface area contributed by atoms with Crippen molar-refractivity contribution in [3.05, 3.63) is 30.3 Å². The lowest BCUT2D eigenvalue weighted by Crippen LogP contribution is -2.54. The van der Waals surface area contributed by atoms with Crippen LogP contribution in [-0.2, 0) is 19.6 Å². The molecular weight excluding hydrogens is 304 g/mol. The number of hydrogen-bond donors (Lipinski definition) is 1. The number of rotatable bonds is 3. The summed E-state index contributed by atoms with van der Waals surface area (Å²) in [5.74, 6) is -0.509. The fraction of sp³-hybridized carbons (Fsp3) is 0.533. The summed E-state index contributed by atoms with van der Waals surface area (Å²) in [6.45, 7) is 0.748. The zero-order valence-corrected chi connectivity index (χ0v) is 13.3. The average molecular weight is 324 g/mol. The SMILES string of the molecule is CNC(=O)[C@@H]1C[C@@H]2OCC[C@@H]2N(S(=O)(=O)c2ccccc2)C1. The highest BCUT2D eigenvalue weighted by atomic mass is 32.2. The van der Waals surface area contributed by atoms with Gasteiger partial charge in [0, 0.05) is 20.2 Å². The van der Waals surface area contributed by atoms with E-state index in [1.54, 1.807) is 37.4 Å². The maximum Gasteiger partial charge on any atom is 0.243 e. The Balaban J connectivity index is 1.94. The predicted octanol–water partition coefficient (Wildman–Crippen LogP) is 0.601. The Bertz CT molecular complexity index is 647. The van der Waals surface area contributed by atoms with E-state index in [2.05, 4.69) is 5.32 Å². The Hall–Kier alpha value is -1.44. The predicted molar refractivity (Wildman–Crippen MR) is 80.7 cm³/mol. The fourth-order valence-electron chi connectivity index (χ4n) is 3.30. The lowest BCUT2D eigenvalue weighted by Gasteiger charge is -2.39.